The summed E-state index contributed by atoms with van der Waals surface area (Å²) in [5, 5.41) is 0. The molecule has 0 aromatic heterocycles. The van der Waals surface area contributed by atoms with E-state index in [-0.39, 0.29) is 5.91 Å². The molecular weight excluding hydrogens is 234 g/mol. The van der Waals surface area contributed by atoms with E-state index in [9.17, 15) is 4.79 Å². The van der Waals surface area contributed by atoms with Gasteiger partial charge in [-0.05, 0) is 54.0 Å². The molecule has 1 aliphatic rings. The zero-order valence-corrected chi connectivity index (χ0v) is 10.8. The summed E-state index contributed by atoms with van der Waals surface area (Å²) in [7, 11) is 0. The highest BCUT2D eigenvalue weighted by molar-refractivity contribution is 5.93. The molecule has 0 fully saturated rings. The van der Waals surface area contributed by atoms with Crippen molar-refractivity contribution in [2.75, 3.05) is 0 Å². The van der Waals surface area contributed by atoms with Crippen molar-refractivity contribution >= 4 is 5.91 Å². The third-order valence-corrected chi connectivity index (χ3v) is 3.99. The third-order valence-electron chi connectivity index (χ3n) is 3.99. The minimum Gasteiger partial charge on any atom is -0.366 e. The molecule has 2 nitrogen and oxygen atoms in total. The molecule has 1 atom stereocenters. The van der Waals surface area contributed by atoms with E-state index in [1.54, 1.807) is 0 Å². The number of nitrogens with two attached hydrogens (primary N) is 1. The fourth-order valence-corrected chi connectivity index (χ4v) is 2.92. The third kappa shape index (κ3) is 2.39. The van der Waals surface area contributed by atoms with E-state index in [1.165, 1.54) is 23.1 Å². The summed E-state index contributed by atoms with van der Waals surface area (Å²) in [6.07, 6.45) is 3.25. The van der Waals surface area contributed by atoms with Gasteiger partial charge in [-0.2, -0.15) is 0 Å². The highest BCUT2D eigenvalue weighted by Crippen LogP contribution is 2.32. The van der Waals surface area contributed by atoms with Crippen molar-refractivity contribution in [3.63, 3.8) is 0 Å². The number of benzene rings is 2. The lowest BCUT2D eigenvalue weighted by molar-refractivity contribution is 0.1000. The van der Waals surface area contributed by atoms with Gasteiger partial charge < -0.3 is 5.73 Å². The van der Waals surface area contributed by atoms with Crippen LogP contribution < -0.4 is 5.73 Å². The lowest BCUT2D eigenvalue weighted by Crippen LogP contribution is -2.16. The average Bonchev–Trinajstić information content (AvgIpc) is 2.47. The van der Waals surface area contributed by atoms with Gasteiger partial charge in [-0.1, -0.05) is 36.4 Å². The van der Waals surface area contributed by atoms with Crippen molar-refractivity contribution in [3.05, 3.63) is 70.8 Å². The Hall–Kier alpha value is -2.09. The monoisotopic (exact) mass is 251 g/mol. The standard InChI is InChI=1S/C17H17NO/c18-17(19)15-9-7-13-6-8-14(10-16(13)11-15)12-4-2-1-3-5-12/h1-5,7,9,11,14H,6,8,10H2,(H2,18,19). The second-order valence-electron chi connectivity index (χ2n) is 5.20. The fourth-order valence-electron chi connectivity index (χ4n) is 2.92. The summed E-state index contributed by atoms with van der Waals surface area (Å²) in [6, 6.07) is 16.5. The van der Waals surface area contributed by atoms with Crippen molar-refractivity contribution in [1.29, 1.82) is 0 Å². The number of primary amides is 1. The zero-order valence-electron chi connectivity index (χ0n) is 10.8. The average molecular weight is 251 g/mol. The lowest BCUT2D eigenvalue weighted by Gasteiger charge is -2.25. The van der Waals surface area contributed by atoms with Gasteiger partial charge in [0.1, 0.15) is 0 Å². The first-order valence-corrected chi connectivity index (χ1v) is 6.70. The molecular formula is C17H17NO. The van der Waals surface area contributed by atoms with E-state index in [1.807, 2.05) is 18.2 Å². The van der Waals surface area contributed by atoms with Gasteiger partial charge in [0.2, 0.25) is 5.91 Å². The van der Waals surface area contributed by atoms with Gasteiger partial charge in [-0.15, -0.1) is 0 Å². The van der Waals surface area contributed by atoms with Crippen LogP contribution in [0.4, 0.5) is 0 Å². The Bertz CT molecular complexity index is 604. The first-order chi connectivity index (χ1) is 9.24. The van der Waals surface area contributed by atoms with Crippen LogP contribution in [-0.2, 0) is 12.8 Å². The maximum absolute atomic E-state index is 11.3. The second-order valence-corrected chi connectivity index (χ2v) is 5.20. The SMILES string of the molecule is NC(=O)c1ccc2c(c1)CC(c1ccccc1)CC2. The quantitative estimate of drug-likeness (QED) is 0.875. The van der Waals surface area contributed by atoms with Crippen LogP contribution in [0.1, 0.15) is 39.4 Å². The summed E-state index contributed by atoms with van der Waals surface area (Å²) < 4.78 is 0. The van der Waals surface area contributed by atoms with Crippen LogP contribution in [0.3, 0.4) is 0 Å². The Morgan fingerprint density at radius 3 is 2.58 bits per heavy atom. The van der Waals surface area contributed by atoms with Crippen LogP contribution in [0.15, 0.2) is 48.5 Å². The van der Waals surface area contributed by atoms with E-state index in [0.29, 0.717) is 11.5 Å². The summed E-state index contributed by atoms with van der Waals surface area (Å²) >= 11 is 0. The molecule has 96 valence electrons. The summed E-state index contributed by atoms with van der Waals surface area (Å²) in [4.78, 5) is 11.3. The Balaban J connectivity index is 1.90. The predicted octanol–water partition coefficient (Wildman–Crippen LogP) is 3.06. The number of amides is 1. The number of hydrogen-bond acceptors (Lipinski definition) is 1. The Labute approximate surface area is 113 Å². The molecule has 0 saturated heterocycles. The number of aryl methyl sites for hydroxylation is 1. The van der Waals surface area contributed by atoms with Crippen LogP contribution in [-0.4, -0.2) is 5.91 Å². The molecule has 3 rings (SSSR count). The van der Waals surface area contributed by atoms with Gasteiger partial charge in [0.15, 0.2) is 0 Å². The van der Waals surface area contributed by atoms with Gasteiger partial charge in [0, 0.05) is 5.56 Å². The molecule has 0 radical (unpaired) electrons. The highest BCUT2D eigenvalue weighted by Gasteiger charge is 2.20. The Morgan fingerprint density at radius 1 is 1.05 bits per heavy atom. The maximum atomic E-state index is 11.3. The molecule has 0 bridgehead atoms. The Morgan fingerprint density at radius 2 is 1.84 bits per heavy atom. The van der Waals surface area contributed by atoms with Crippen LogP contribution >= 0.6 is 0 Å². The van der Waals surface area contributed by atoms with Crippen LogP contribution in [0.2, 0.25) is 0 Å². The number of carbonyl (C=O) groups excluding carboxylic acids is 1. The number of carbonyl (C=O) groups is 1. The van der Waals surface area contributed by atoms with Gasteiger partial charge in [0.25, 0.3) is 0 Å². The fraction of sp³-hybridized carbons (Fsp3) is 0.235. The van der Waals surface area contributed by atoms with Crippen LogP contribution in [0.5, 0.6) is 0 Å². The molecule has 2 aromatic rings. The molecule has 1 amide bonds. The Kier molecular flexibility index (Phi) is 3.08. The molecule has 0 aliphatic heterocycles. The first-order valence-electron chi connectivity index (χ1n) is 6.70. The van der Waals surface area contributed by atoms with Crippen molar-refractivity contribution in [1.82, 2.24) is 0 Å². The van der Waals surface area contributed by atoms with E-state index >= 15 is 0 Å². The zero-order chi connectivity index (χ0) is 13.2. The van der Waals surface area contributed by atoms with Crippen molar-refractivity contribution < 1.29 is 4.79 Å². The van der Waals surface area contributed by atoms with E-state index < -0.39 is 0 Å². The molecule has 0 saturated carbocycles. The highest BCUT2D eigenvalue weighted by atomic mass is 16.1. The smallest absolute Gasteiger partial charge is 0.248 e. The summed E-state index contributed by atoms with van der Waals surface area (Å²) in [5.74, 6) is 0.210. The topological polar surface area (TPSA) is 43.1 Å². The van der Waals surface area contributed by atoms with Gasteiger partial charge >= 0.3 is 0 Å². The lowest BCUT2D eigenvalue weighted by atomic mass is 9.80. The molecule has 2 aromatic carbocycles. The molecule has 1 aliphatic carbocycles. The summed E-state index contributed by atoms with van der Waals surface area (Å²) in [5.41, 5.74) is 9.99. The van der Waals surface area contributed by atoms with E-state index in [0.717, 1.165) is 12.8 Å². The van der Waals surface area contributed by atoms with Crippen LogP contribution in [0.25, 0.3) is 0 Å². The van der Waals surface area contributed by atoms with E-state index in [2.05, 4.69) is 30.3 Å². The van der Waals surface area contributed by atoms with Crippen LogP contribution in [0, 0.1) is 0 Å². The van der Waals surface area contributed by atoms with Crippen molar-refractivity contribution in [3.8, 4) is 0 Å². The minimum absolute atomic E-state index is 0.343. The number of rotatable bonds is 2. The largest absolute Gasteiger partial charge is 0.366 e. The normalized spacial score (nSPS) is 17.8. The van der Waals surface area contributed by atoms with Gasteiger partial charge in [-0.3, -0.25) is 4.79 Å². The molecule has 2 heteroatoms. The maximum Gasteiger partial charge on any atom is 0.248 e. The first kappa shape index (κ1) is 12.0. The van der Waals surface area contributed by atoms with Gasteiger partial charge in [0.05, 0.1) is 0 Å². The molecule has 0 spiro atoms. The molecule has 0 heterocycles. The molecule has 19 heavy (non-hydrogen) atoms. The number of fused-ring (bicyclic) bond motifs is 1. The summed E-state index contributed by atoms with van der Waals surface area (Å²) in [6.45, 7) is 0. The van der Waals surface area contributed by atoms with E-state index in [4.69, 9.17) is 5.73 Å². The minimum atomic E-state index is -0.343. The predicted molar refractivity (Wildman–Crippen MR) is 76.2 cm³/mol. The molecule has 1 unspecified atom stereocenters. The van der Waals surface area contributed by atoms with Crippen molar-refractivity contribution in [2.24, 2.45) is 5.73 Å². The second kappa shape index (κ2) is 4.88. The number of hydrogen-bond donors (Lipinski definition) is 1. The van der Waals surface area contributed by atoms with Gasteiger partial charge in [-0.25, -0.2) is 0 Å². The van der Waals surface area contributed by atoms with Crippen molar-refractivity contribution in [2.45, 2.75) is 25.2 Å². The molecule has 2 N–H and O–H groups in total.